The second-order valence-corrected chi connectivity index (χ2v) is 5.29. The van der Waals surface area contributed by atoms with Gasteiger partial charge in [-0.25, -0.2) is 9.18 Å². The van der Waals surface area contributed by atoms with Gasteiger partial charge in [-0.2, -0.15) is 0 Å². The van der Waals surface area contributed by atoms with Crippen molar-refractivity contribution in [2.45, 2.75) is 13.0 Å². The lowest BCUT2D eigenvalue weighted by Crippen LogP contribution is -2.36. The number of rotatable bonds is 7. The molecule has 1 aromatic heterocycles. The standard InChI is InChI=1S/C17H22FN3O2/c1-20-10-5-7-14(20)13-21(11-6-12-23-2)17(22)19-16-9-4-3-8-15(16)18/h3-5,7-10H,6,11-13H2,1-2H3,(H,19,22). The predicted octanol–water partition coefficient (Wildman–Crippen LogP) is 3.23. The van der Waals surface area contributed by atoms with Crippen molar-refractivity contribution in [3.8, 4) is 0 Å². The average molecular weight is 319 g/mol. The number of aryl methyl sites for hydroxylation is 1. The summed E-state index contributed by atoms with van der Waals surface area (Å²) in [5.74, 6) is -0.448. The van der Waals surface area contributed by atoms with Gasteiger partial charge in [-0.1, -0.05) is 12.1 Å². The van der Waals surface area contributed by atoms with Crippen molar-refractivity contribution >= 4 is 11.7 Å². The lowest BCUT2D eigenvalue weighted by Gasteiger charge is -2.23. The number of benzene rings is 1. The van der Waals surface area contributed by atoms with Gasteiger partial charge in [0.25, 0.3) is 0 Å². The second-order valence-electron chi connectivity index (χ2n) is 5.29. The van der Waals surface area contributed by atoms with Gasteiger partial charge in [-0.05, 0) is 30.7 Å². The Hall–Kier alpha value is -2.34. The number of urea groups is 1. The lowest BCUT2D eigenvalue weighted by atomic mass is 10.3. The van der Waals surface area contributed by atoms with Crippen LogP contribution in [0.15, 0.2) is 42.6 Å². The number of para-hydroxylation sites is 1. The van der Waals surface area contributed by atoms with E-state index in [2.05, 4.69) is 5.32 Å². The van der Waals surface area contributed by atoms with Crippen LogP contribution in [-0.2, 0) is 18.3 Å². The number of carbonyl (C=O) groups excluding carboxylic acids is 1. The molecule has 23 heavy (non-hydrogen) atoms. The Kier molecular flexibility index (Phi) is 6.17. The van der Waals surface area contributed by atoms with E-state index in [1.54, 1.807) is 30.2 Å². The number of aromatic nitrogens is 1. The van der Waals surface area contributed by atoms with Crippen molar-refractivity contribution in [2.75, 3.05) is 25.6 Å². The van der Waals surface area contributed by atoms with Crippen molar-refractivity contribution in [3.05, 3.63) is 54.1 Å². The predicted molar refractivity (Wildman–Crippen MR) is 87.7 cm³/mol. The Morgan fingerprint density at radius 3 is 2.74 bits per heavy atom. The van der Waals surface area contributed by atoms with Crippen LogP contribution >= 0.6 is 0 Å². The summed E-state index contributed by atoms with van der Waals surface area (Å²) in [6.07, 6.45) is 2.64. The molecule has 1 N–H and O–H groups in total. The first-order valence-corrected chi connectivity index (χ1v) is 7.51. The minimum absolute atomic E-state index is 0.182. The number of amides is 2. The van der Waals surface area contributed by atoms with Crippen LogP contribution in [0.25, 0.3) is 0 Å². The zero-order valence-corrected chi connectivity index (χ0v) is 13.5. The third kappa shape index (κ3) is 4.82. The van der Waals surface area contributed by atoms with E-state index in [9.17, 15) is 9.18 Å². The third-order valence-electron chi connectivity index (χ3n) is 3.58. The van der Waals surface area contributed by atoms with Crippen molar-refractivity contribution in [2.24, 2.45) is 7.05 Å². The molecule has 0 saturated heterocycles. The molecule has 0 atom stereocenters. The maximum Gasteiger partial charge on any atom is 0.322 e. The van der Waals surface area contributed by atoms with Crippen LogP contribution in [0.3, 0.4) is 0 Å². The fraction of sp³-hybridized carbons (Fsp3) is 0.353. The highest BCUT2D eigenvalue weighted by atomic mass is 19.1. The van der Waals surface area contributed by atoms with Gasteiger partial charge in [0, 0.05) is 39.2 Å². The van der Waals surface area contributed by atoms with E-state index in [1.807, 2.05) is 29.9 Å². The molecular weight excluding hydrogens is 297 g/mol. The number of anilines is 1. The molecule has 0 aliphatic carbocycles. The van der Waals surface area contributed by atoms with Crippen molar-refractivity contribution in [1.82, 2.24) is 9.47 Å². The number of nitrogens with one attached hydrogen (secondary N) is 1. The zero-order chi connectivity index (χ0) is 16.7. The summed E-state index contributed by atoms with van der Waals surface area (Å²) in [5.41, 5.74) is 1.19. The number of carbonyl (C=O) groups is 1. The highest BCUT2D eigenvalue weighted by Crippen LogP contribution is 2.14. The van der Waals surface area contributed by atoms with Crippen LogP contribution < -0.4 is 5.32 Å². The van der Waals surface area contributed by atoms with Gasteiger partial charge in [0.05, 0.1) is 12.2 Å². The summed E-state index contributed by atoms with van der Waals surface area (Å²) in [6.45, 7) is 1.55. The molecule has 0 spiro atoms. The van der Waals surface area contributed by atoms with Gasteiger partial charge in [0.2, 0.25) is 0 Å². The normalized spacial score (nSPS) is 10.6. The molecule has 2 rings (SSSR count). The van der Waals surface area contributed by atoms with Crippen molar-refractivity contribution in [1.29, 1.82) is 0 Å². The fourth-order valence-corrected chi connectivity index (χ4v) is 2.27. The van der Waals surface area contributed by atoms with Crippen molar-refractivity contribution < 1.29 is 13.9 Å². The number of methoxy groups -OCH3 is 1. The summed E-state index contributed by atoms with van der Waals surface area (Å²) in [4.78, 5) is 14.1. The molecule has 0 unspecified atom stereocenters. The molecule has 2 amide bonds. The Bertz CT molecular complexity index is 642. The molecule has 2 aromatic rings. The average Bonchev–Trinajstić information content (AvgIpc) is 2.94. The lowest BCUT2D eigenvalue weighted by molar-refractivity contribution is 0.171. The van der Waals surface area contributed by atoms with Gasteiger partial charge in [0.15, 0.2) is 0 Å². The Morgan fingerprint density at radius 1 is 1.30 bits per heavy atom. The van der Waals surface area contributed by atoms with Crippen LogP contribution in [0.4, 0.5) is 14.9 Å². The summed E-state index contributed by atoms with van der Waals surface area (Å²) >= 11 is 0. The van der Waals surface area contributed by atoms with Gasteiger partial charge >= 0.3 is 6.03 Å². The maximum absolute atomic E-state index is 13.7. The van der Waals surface area contributed by atoms with Crippen LogP contribution in [0.5, 0.6) is 0 Å². The molecule has 5 nitrogen and oxygen atoms in total. The third-order valence-corrected chi connectivity index (χ3v) is 3.58. The molecule has 0 radical (unpaired) electrons. The molecule has 1 heterocycles. The number of ether oxygens (including phenoxy) is 1. The largest absolute Gasteiger partial charge is 0.385 e. The molecule has 1 aromatic carbocycles. The SMILES string of the molecule is COCCCN(Cc1cccn1C)C(=O)Nc1ccccc1F. The fourth-order valence-electron chi connectivity index (χ4n) is 2.27. The Morgan fingerprint density at radius 2 is 2.09 bits per heavy atom. The van der Waals surface area contributed by atoms with Crippen LogP contribution in [0.1, 0.15) is 12.1 Å². The van der Waals surface area contributed by atoms with E-state index in [4.69, 9.17) is 4.74 Å². The number of hydrogen-bond acceptors (Lipinski definition) is 2. The van der Waals surface area contributed by atoms with Gasteiger partial charge in [-0.15, -0.1) is 0 Å². The Balaban J connectivity index is 2.07. The Labute approximate surface area is 135 Å². The molecule has 0 saturated carbocycles. The van der Waals surface area contributed by atoms with E-state index in [1.165, 1.54) is 6.07 Å². The summed E-state index contributed by atoms with van der Waals surface area (Å²) in [5, 5.41) is 2.63. The van der Waals surface area contributed by atoms with E-state index in [-0.39, 0.29) is 11.7 Å². The number of nitrogens with zero attached hydrogens (tertiary/aromatic N) is 2. The molecule has 0 fully saturated rings. The first kappa shape index (κ1) is 17.0. The quantitative estimate of drug-likeness (QED) is 0.797. The topological polar surface area (TPSA) is 46.5 Å². The van der Waals surface area contributed by atoms with Crippen LogP contribution in [-0.4, -0.2) is 35.8 Å². The minimum atomic E-state index is -0.448. The van der Waals surface area contributed by atoms with Gasteiger partial charge in [-0.3, -0.25) is 0 Å². The maximum atomic E-state index is 13.7. The first-order valence-electron chi connectivity index (χ1n) is 7.51. The molecular formula is C17H22FN3O2. The highest BCUT2D eigenvalue weighted by molar-refractivity contribution is 5.89. The van der Waals surface area contributed by atoms with Gasteiger partial charge in [0.1, 0.15) is 5.82 Å². The van der Waals surface area contributed by atoms with E-state index >= 15 is 0 Å². The minimum Gasteiger partial charge on any atom is -0.385 e. The van der Waals surface area contributed by atoms with Crippen molar-refractivity contribution in [3.63, 3.8) is 0 Å². The molecule has 124 valence electrons. The summed E-state index contributed by atoms with van der Waals surface area (Å²) in [6, 6.07) is 9.70. The van der Waals surface area contributed by atoms with E-state index < -0.39 is 5.82 Å². The molecule has 0 aliphatic heterocycles. The number of hydrogen-bond donors (Lipinski definition) is 1. The zero-order valence-electron chi connectivity index (χ0n) is 13.5. The van der Waals surface area contributed by atoms with Crippen LogP contribution in [0, 0.1) is 5.82 Å². The summed E-state index contributed by atoms with van der Waals surface area (Å²) in [7, 11) is 3.55. The highest BCUT2D eigenvalue weighted by Gasteiger charge is 2.16. The first-order chi connectivity index (χ1) is 11.1. The molecule has 6 heteroatoms. The van der Waals surface area contributed by atoms with Gasteiger partial charge < -0.3 is 19.5 Å². The van der Waals surface area contributed by atoms with E-state index in [0.29, 0.717) is 26.1 Å². The van der Waals surface area contributed by atoms with Crippen LogP contribution in [0.2, 0.25) is 0 Å². The smallest absolute Gasteiger partial charge is 0.322 e. The van der Waals surface area contributed by atoms with E-state index in [0.717, 1.165) is 5.69 Å². The molecule has 0 aliphatic rings. The molecule has 0 bridgehead atoms. The summed E-state index contributed by atoms with van der Waals surface area (Å²) < 4.78 is 20.7. The second kappa shape index (κ2) is 8.33. The number of halogens is 1. The monoisotopic (exact) mass is 319 g/mol.